The van der Waals surface area contributed by atoms with Crippen molar-refractivity contribution in [3.63, 3.8) is 0 Å². The Morgan fingerprint density at radius 1 is 1.30 bits per heavy atom. The molecule has 1 aromatic heterocycles. The average Bonchev–Trinajstić information content (AvgIpc) is 3.04. The highest BCUT2D eigenvalue weighted by Gasteiger charge is 2.21. The summed E-state index contributed by atoms with van der Waals surface area (Å²) in [6.07, 6.45) is 12.6. The van der Waals surface area contributed by atoms with E-state index < -0.39 is 5.97 Å². The molecule has 0 radical (unpaired) electrons. The molecular formula is C18H21N3O2. The number of aliphatic carboxylic acids is 1. The molecule has 2 aromatic rings. The molecule has 1 aromatic carbocycles. The molecule has 0 atom stereocenters. The number of anilines is 1. The summed E-state index contributed by atoms with van der Waals surface area (Å²) in [6.45, 7) is 0. The zero-order valence-electron chi connectivity index (χ0n) is 13.0. The molecule has 0 bridgehead atoms. The Hall–Kier alpha value is -2.56. The summed E-state index contributed by atoms with van der Waals surface area (Å²) >= 11 is 0. The van der Waals surface area contributed by atoms with Gasteiger partial charge in [-0.2, -0.15) is 0 Å². The first kappa shape index (κ1) is 15.3. The van der Waals surface area contributed by atoms with Gasteiger partial charge in [0, 0.05) is 24.4 Å². The van der Waals surface area contributed by atoms with Crippen LogP contribution in [0.25, 0.3) is 11.8 Å². The highest BCUT2D eigenvalue weighted by molar-refractivity contribution is 5.85. The third-order valence-corrected chi connectivity index (χ3v) is 4.37. The van der Waals surface area contributed by atoms with Gasteiger partial charge in [0.05, 0.1) is 11.4 Å². The summed E-state index contributed by atoms with van der Waals surface area (Å²) in [7, 11) is 0. The third-order valence-electron chi connectivity index (χ3n) is 4.37. The van der Waals surface area contributed by atoms with Crippen molar-refractivity contribution in [3.8, 4) is 5.69 Å². The monoisotopic (exact) mass is 311 g/mol. The molecule has 0 saturated heterocycles. The molecule has 1 heterocycles. The minimum absolute atomic E-state index is 0.469. The lowest BCUT2D eigenvalue weighted by atomic mass is 9.88. The lowest BCUT2D eigenvalue weighted by Crippen LogP contribution is -2.12. The van der Waals surface area contributed by atoms with Gasteiger partial charge in [0.1, 0.15) is 5.82 Å². The van der Waals surface area contributed by atoms with E-state index in [1.54, 1.807) is 6.08 Å². The van der Waals surface area contributed by atoms with Crippen LogP contribution >= 0.6 is 0 Å². The zero-order valence-corrected chi connectivity index (χ0v) is 13.0. The van der Waals surface area contributed by atoms with Crippen molar-refractivity contribution in [3.05, 3.63) is 48.1 Å². The molecule has 3 rings (SSSR count). The van der Waals surface area contributed by atoms with Gasteiger partial charge in [-0.25, -0.2) is 9.78 Å². The highest BCUT2D eigenvalue weighted by atomic mass is 16.4. The largest absolute Gasteiger partial charge is 0.478 e. The van der Waals surface area contributed by atoms with E-state index in [-0.39, 0.29) is 0 Å². The van der Waals surface area contributed by atoms with Gasteiger partial charge >= 0.3 is 5.97 Å². The molecule has 0 unspecified atom stereocenters. The number of carbonyl (C=O) groups is 1. The first-order valence-corrected chi connectivity index (χ1v) is 7.99. The fraction of sp³-hybridized carbons (Fsp3) is 0.333. The SMILES string of the molecule is Nc1ccc(/C=C/C(=O)O)cc1-n1ccnc1C1CCCCC1. The predicted octanol–water partition coefficient (Wildman–Crippen LogP) is 3.60. The molecule has 120 valence electrons. The maximum atomic E-state index is 10.7. The Bertz CT molecular complexity index is 728. The van der Waals surface area contributed by atoms with E-state index in [0.717, 1.165) is 36.0 Å². The number of imidazole rings is 1. The third kappa shape index (κ3) is 3.44. The van der Waals surface area contributed by atoms with Gasteiger partial charge in [-0.1, -0.05) is 25.3 Å². The van der Waals surface area contributed by atoms with E-state index in [9.17, 15) is 4.79 Å². The van der Waals surface area contributed by atoms with Gasteiger partial charge in [-0.3, -0.25) is 0 Å². The van der Waals surface area contributed by atoms with E-state index in [0.29, 0.717) is 11.6 Å². The average molecular weight is 311 g/mol. The molecular weight excluding hydrogens is 290 g/mol. The Morgan fingerprint density at radius 2 is 2.09 bits per heavy atom. The summed E-state index contributed by atoms with van der Waals surface area (Å²) < 4.78 is 2.05. The van der Waals surface area contributed by atoms with Crippen LogP contribution < -0.4 is 5.73 Å². The van der Waals surface area contributed by atoms with Crippen LogP contribution in [0.3, 0.4) is 0 Å². The van der Waals surface area contributed by atoms with Gasteiger partial charge in [-0.15, -0.1) is 0 Å². The van der Waals surface area contributed by atoms with Crippen LogP contribution in [0.15, 0.2) is 36.7 Å². The van der Waals surface area contributed by atoms with Gasteiger partial charge in [0.2, 0.25) is 0 Å². The van der Waals surface area contributed by atoms with Crippen molar-refractivity contribution >= 4 is 17.7 Å². The number of aromatic nitrogens is 2. The molecule has 0 spiro atoms. The molecule has 5 nitrogen and oxygen atoms in total. The van der Waals surface area contributed by atoms with Crippen LogP contribution in [-0.4, -0.2) is 20.6 Å². The van der Waals surface area contributed by atoms with Gasteiger partial charge in [-0.05, 0) is 36.6 Å². The van der Waals surface area contributed by atoms with Gasteiger partial charge in [0.25, 0.3) is 0 Å². The predicted molar refractivity (Wildman–Crippen MR) is 90.5 cm³/mol. The molecule has 1 aliphatic rings. The second-order valence-electron chi connectivity index (χ2n) is 5.98. The van der Waals surface area contributed by atoms with Crippen LogP contribution in [0.5, 0.6) is 0 Å². The van der Waals surface area contributed by atoms with E-state index in [1.165, 1.54) is 19.3 Å². The van der Waals surface area contributed by atoms with Crippen molar-refractivity contribution in [1.29, 1.82) is 0 Å². The number of hydrogen-bond acceptors (Lipinski definition) is 3. The van der Waals surface area contributed by atoms with Crippen molar-refractivity contribution in [2.24, 2.45) is 0 Å². The van der Waals surface area contributed by atoms with Gasteiger partial charge in [0.15, 0.2) is 0 Å². The second-order valence-corrected chi connectivity index (χ2v) is 5.98. The summed E-state index contributed by atoms with van der Waals surface area (Å²) in [5.74, 6) is 0.557. The molecule has 3 N–H and O–H groups in total. The van der Waals surface area contributed by atoms with Crippen molar-refractivity contribution in [2.75, 3.05) is 5.73 Å². The number of hydrogen-bond donors (Lipinski definition) is 2. The van der Waals surface area contributed by atoms with Crippen molar-refractivity contribution in [1.82, 2.24) is 9.55 Å². The fourth-order valence-corrected chi connectivity index (χ4v) is 3.22. The summed E-state index contributed by atoms with van der Waals surface area (Å²) in [6, 6.07) is 5.53. The number of carboxylic acids is 1. The standard InChI is InChI=1S/C18H21N3O2/c19-15-8-6-13(7-9-17(22)23)12-16(15)21-11-10-20-18(21)14-4-2-1-3-5-14/h6-12,14H,1-5,19H2,(H,22,23)/b9-7+. The van der Waals surface area contributed by atoms with E-state index >= 15 is 0 Å². The first-order chi connectivity index (χ1) is 11.1. The minimum atomic E-state index is -0.964. The summed E-state index contributed by atoms with van der Waals surface area (Å²) in [5.41, 5.74) is 8.47. The lowest BCUT2D eigenvalue weighted by Gasteiger charge is -2.22. The second kappa shape index (κ2) is 6.69. The van der Waals surface area contributed by atoms with Crippen LogP contribution in [0.4, 0.5) is 5.69 Å². The fourth-order valence-electron chi connectivity index (χ4n) is 3.22. The van der Waals surface area contributed by atoms with Crippen molar-refractivity contribution < 1.29 is 9.90 Å². The van der Waals surface area contributed by atoms with E-state index in [4.69, 9.17) is 10.8 Å². The molecule has 1 fully saturated rings. The maximum Gasteiger partial charge on any atom is 0.328 e. The van der Waals surface area contributed by atoms with E-state index in [1.807, 2.05) is 35.2 Å². The topological polar surface area (TPSA) is 81.1 Å². The highest BCUT2D eigenvalue weighted by Crippen LogP contribution is 2.33. The molecule has 23 heavy (non-hydrogen) atoms. The lowest BCUT2D eigenvalue weighted by molar-refractivity contribution is -0.131. The smallest absolute Gasteiger partial charge is 0.328 e. The van der Waals surface area contributed by atoms with Crippen molar-refractivity contribution in [2.45, 2.75) is 38.0 Å². The first-order valence-electron chi connectivity index (χ1n) is 7.99. The molecule has 0 amide bonds. The molecule has 1 aliphatic carbocycles. The molecule has 5 heteroatoms. The Labute approximate surface area is 135 Å². The van der Waals surface area contributed by atoms with Crippen LogP contribution in [0, 0.1) is 0 Å². The van der Waals surface area contributed by atoms with Gasteiger partial charge < -0.3 is 15.4 Å². The van der Waals surface area contributed by atoms with Crippen LogP contribution in [0.2, 0.25) is 0 Å². The number of benzene rings is 1. The summed E-state index contributed by atoms with van der Waals surface area (Å²) in [4.78, 5) is 15.2. The number of rotatable bonds is 4. The minimum Gasteiger partial charge on any atom is -0.478 e. The number of nitrogens with zero attached hydrogens (tertiary/aromatic N) is 2. The maximum absolute atomic E-state index is 10.7. The Morgan fingerprint density at radius 3 is 2.83 bits per heavy atom. The summed E-state index contributed by atoms with van der Waals surface area (Å²) in [5, 5.41) is 8.77. The number of nitrogens with two attached hydrogens (primary N) is 1. The quantitative estimate of drug-likeness (QED) is 0.667. The number of carboxylic acid groups (broad SMARTS) is 1. The Balaban J connectivity index is 1.97. The molecule has 0 aliphatic heterocycles. The van der Waals surface area contributed by atoms with Crippen LogP contribution in [0.1, 0.15) is 49.4 Å². The Kier molecular flexibility index (Phi) is 4.46. The zero-order chi connectivity index (χ0) is 16.2. The molecule has 1 saturated carbocycles. The van der Waals surface area contributed by atoms with Crippen LogP contribution in [-0.2, 0) is 4.79 Å². The number of nitrogen functional groups attached to an aromatic ring is 1. The van der Waals surface area contributed by atoms with E-state index in [2.05, 4.69) is 4.98 Å². The normalized spacial score (nSPS) is 16.0.